The number of carbonyl (C=O) groups excluding carboxylic acids is 1. The highest BCUT2D eigenvalue weighted by molar-refractivity contribution is 5.78. The van der Waals surface area contributed by atoms with Gasteiger partial charge in [0.05, 0.1) is 24.4 Å². The fraction of sp³-hybridized carbons (Fsp3) is 0.400. The third kappa shape index (κ3) is 3.16. The summed E-state index contributed by atoms with van der Waals surface area (Å²) >= 11 is 0. The first-order valence-electron chi connectivity index (χ1n) is 7.03. The number of ether oxygens (including phenoxy) is 1. The summed E-state index contributed by atoms with van der Waals surface area (Å²) in [6.07, 6.45) is 5.78. The largest absolute Gasteiger partial charge is 0.376 e. The van der Waals surface area contributed by atoms with E-state index in [4.69, 9.17) is 4.74 Å². The lowest BCUT2D eigenvalue weighted by Gasteiger charge is -2.21. The van der Waals surface area contributed by atoms with Gasteiger partial charge >= 0.3 is 0 Å². The zero-order valence-electron chi connectivity index (χ0n) is 11.5. The second-order valence-corrected chi connectivity index (χ2v) is 5.17. The highest BCUT2D eigenvalue weighted by Gasteiger charge is 2.15. The van der Waals surface area contributed by atoms with Crippen molar-refractivity contribution in [2.45, 2.75) is 31.9 Å². The normalized spacial score (nSPS) is 18.6. The van der Waals surface area contributed by atoms with Crippen molar-refractivity contribution >= 4 is 6.29 Å². The van der Waals surface area contributed by atoms with Crippen LogP contribution < -0.4 is 0 Å². The molecule has 6 heteroatoms. The van der Waals surface area contributed by atoms with Gasteiger partial charge < -0.3 is 4.74 Å². The summed E-state index contributed by atoms with van der Waals surface area (Å²) in [5, 5.41) is 8.15. The molecule has 3 rings (SSSR count). The second-order valence-electron chi connectivity index (χ2n) is 5.17. The summed E-state index contributed by atoms with van der Waals surface area (Å²) in [5.74, 6) is -0.531. The highest BCUT2D eigenvalue weighted by atomic mass is 19.1. The Labute approximate surface area is 121 Å². The molecule has 2 heterocycles. The van der Waals surface area contributed by atoms with Gasteiger partial charge in [-0.05, 0) is 37.5 Å². The number of aldehydes is 1. The Morgan fingerprint density at radius 2 is 2.33 bits per heavy atom. The van der Waals surface area contributed by atoms with Gasteiger partial charge in [0.25, 0.3) is 0 Å². The average Bonchev–Trinajstić information content (AvgIpc) is 2.97. The summed E-state index contributed by atoms with van der Waals surface area (Å²) < 4.78 is 20.7. The van der Waals surface area contributed by atoms with Gasteiger partial charge in [-0.2, -0.15) is 0 Å². The van der Waals surface area contributed by atoms with E-state index in [1.54, 1.807) is 16.9 Å². The third-order valence-corrected chi connectivity index (χ3v) is 3.62. The van der Waals surface area contributed by atoms with Crippen molar-refractivity contribution in [2.24, 2.45) is 0 Å². The van der Waals surface area contributed by atoms with Crippen molar-refractivity contribution in [1.82, 2.24) is 15.0 Å². The van der Waals surface area contributed by atoms with Gasteiger partial charge in [0, 0.05) is 12.2 Å². The quantitative estimate of drug-likeness (QED) is 0.811. The lowest BCUT2D eigenvalue weighted by atomic mass is 10.1. The van der Waals surface area contributed by atoms with E-state index in [-0.39, 0.29) is 11.7 Å². The number of nitrogens with zero attached hydrogens (tertiary/aromatic N) is 3. The maximum absolute atomic E-state index is 13.3. The van der Waals surface area contributed by atoms with E-state index in [0.717, 1.165) is 19.4 Å². The topological polar surface area (TPSA) is 57.0 Å². The summed E-state index contributed by atoms with van der Waals surface area (Å²) in [6.45, 7) is 1.46. The van der Waals surface area contributed by atoms with E-state index < -0.39 is 5.82 Å². The van der Waals surface area contributed by atoms with Crippen LogP contribution in [-0.4, -0.2) is 34.0 Å². The van der Waals surface area contributed by atoms with Crippen molar-refractivity contribution in [2.75, 3.05) is 6.61 Å². The van der Waals surface area contributed by atoms with E-state index in [9.17, 15) is 9.18 Å². The molecule has 1 atom stereocenters. The summed E-state index contributed by atoms with van der Waals surface area (Å²) in [5.41, 5.74) is 1.32. The Hall–Kier alpha value is -2.08. The highest BCUT2D eigenvalue weighted by Crippen LogP contribution is 2.20. The molecular weight excluding hydrogens is 273 g/mol. The van der Waals surface area contributed by atoms with Gasteiger partial charge in [0.1, 0.15) is 11.5 Å². The second kappa shape index (κ2) is 6.13. The molecule has 5 nitrogen and oxygen atoms in total. The fourth-order valence-electron chi connectivity index (χ4n) is 2.47. The van der Waals surface area contributed by atoms with Crippen LogP contribution in [0.4, 0.5) is 4.39 Å². The van der Waals surface area contributed by atoms with Crippen molar-refractivity contribution in [3.8, 4) is 11.3 Å². The minimum atomic E-state index is -0.531. The van der Waals surface area contributed by atoms with Crippen molar-refractivity contribution < 1.29 is 13.9 Å². The predicted octanol–water partition coefficient (Wildman–Crippen LogP) is 2.47. The number of rotatable bonds is 4. The van der Waals surface area contributed by atoms with Crippen LogP contribution in [0.15, 0.2) is 24.4 Å². The molecule has 1 aliphatic heterocycles. The Bertz CT molecular complexity index is 636. The standard InChI is InChI=1S/C15H16FN3O2/c16-14-5-4-11(7-12(14)10-20)15-9-19(18-17-15)8-13-3-1-2-6-21-13/h4-5,7,9-10,13H,1-3,6,8H2. The molecule has 1 unspecified atom stereocenters. The summed E-state index contributed by atoms with van der Waals surface area (Å²) in [4.78, 5) is 10.8. The van der Waals surface area contributed by atoms with E-state index >= 15 is 0 Å². The molecule has 21 heavy (non-hydrogen) atoms. The van der Waals surface area contributed by atoms with E-state index in [1.807, 2.05) is 0 Å². The molecule has 1 aromatic carbocycles. The third-order valence-electron chi connectivity index (χ3n) is 3.62. The average molecular weight is 289 g/mol. The minimum Gasteiger partial charge on any atom is -0.376 e. The van der Waals surface area contributed by atoms with Crippen molar-refractivity contribution in [1.29, 1.82) is 0 Å². The lowest BCUT2D eigenvalue weighted by molar-refractivity contribution is 0.00370. The number of halogens is 1. The van der Waals surface area contributed by atoms with Crippen LogP contribution in [0.5, 0.6) is 0 Å². The van der Waals surface area contributed by atoms with E-state index in [0.29, 0.717) is 24.1 Å². The van der Waals surface area contributed by atoms with Gasteiger partial charge in [-0.3, -0.25) is 4.79 Å². The van der Waals surface area contributed by atoms with Crippen LogP contribution in [0.3, 0.4) is 0 Å². The molecule has 0 radical (unpaired) electrons. The minimum absolute atomic E-state index is 0.0256. The summed E-state index contributed by atoms with van der Waals surface area (Å²) in [6, 6.07) is 4.34. The Balaban J connectivity index is 1.76. The van der Waals surface area contributed by atoms with Crippen LogP contribution in [0, 0.1) is 5.82 Å². The first-order chi connectivity index (χ1) is 10.3. The van der Waals surface area contributed by atoms with Crippen LogP contribution >= 0.6 is 0 Å². The van der Waals surface area contributed by atoms with Crippen molar-refractivity contribution in [3.63, 3.8) is 0 Å². The van der Waals surface area contributed by atoms with Crippen LogP contribution in [0.25, 0.3) is 11.3 Å². The molecule has 0 bridgehead atoms. The molecule has 1 saturated heterocycles. The molecule has 110 valence electrons. The SMILES string of the molecule is O=Cc1cc(-c2cn(CC3CCCCO3)nn2)ccc1F. The number of benzene rings is 1. The molecule has 0 spiro atoms. The molecule has 0 saturated carbocycles. The molecule has 1 aliphatic rings. The van der Waals surface area contributed by atoms with E-state index in [1.165, 1.54) is 18.6 Å². The van der Waals surface area contributed by atoms with Gasteiger partial charge in [-0.1, -0.05) is 5.21 Å². The monoisotopic (exact) mass is 289 g/mol. The van der Waals surface area contributed by atoms with Gasteiger partial charge in [0.15, 0.2) is 6.29 Å². The molecule has 0 amide bonds. The summed E-state index contributed by atoms with van der Waals surface area (Å²) in [7, 11) is 0. The zero-order valence-corrected chi connectivity index (χ0v) is 11.5. The van der Waals surface area contributed by atoms with Crippen LogP contribution in [0.1, 0.15) is 29.6 Å². The number of hydrogen-bond donors (Lipinski definition) is 0. The Morgan fingerprint density at radius 3 is 3.10 bits per heavy atom. The van der Waals surface area contributed by atoms with E-state index in [2.05, 4.69) is 10.3 Å². The maximum Gasteiger partial charge on any atom is 0.153 e. The lowest BCUT2D eigenvalue weighted by Crippen LogP contribution is -2.24. The smallest absolute Gasteiger partial charge is 0.153 e. The Morgan fingerprint density at radius 1 is 1.43 bits per heavy atom. The molecule has 0 aliphatic carbocycles. The predicted molar refractivity (Wildman–Crippen MR) is 74.4 cm³/mol. The number of aromatic nitrogens is 3. The molecule has 0 N–H and O–H groups in total. The van der Waals surface area contributed by atoms with Gasteiger partial charge in [0.2, 0.25) is 0 Å². The van der Waals surface area contributed by atoms with Crippen LogP contribution in [0.2, 0.25) is 0 Å². The molecular formula is C15H16FN3O2. The fourth-order valence-corrected chi connectivity index (χ4v) is 2.47. The Kier molecular flexibility index (Phi) is 4.06. The first-order valence-corrected chi connectivity index (χ1v) is 7.03. The molecule has 1 fully saturated rings. The maximum atomic E-state index is 13.3. The molecule has 2 aromatic rings. The first kappa shape index (κ1) is 13.9. The number of hydrogen-bond acceptors (Lipinski definition) is 4. The molecule has 1 aromatic heterocycles. The van der Waals surface area contributed by atoms with Crippen molar-refractivity contribution in [3.05, 3.63) is 35.8 Å². The van der Waals surface area contributed by atoms with Crippen LogP contribution in [-0.2, 0) is 11.3 Å². The number of carbonyl (C=O) groups is 1. The zero-order chi connectivity index (χ0) is 14.7. The van der Waals surface area contributed by atoms with Gasteiger partial charge in [-0.25, -0.2) is 9.07 Å². The van der Waals surface area contributed by atoms with Gasteiger partial charge in [-0.15, -0.1) is 5.10 Å².